The Labute approximate surface area is 117 Å². The maximum atomic E-state index is 9.00. The maximum Gasteiger partial charge on any atom is 0.201 e. The molecule has 0 unspecified atom stereocenters. The van der Waals surface area contributed by atoms with E-state index >= 15 is 0 Å². The number of aryl methyl sites for hydroxylation is 1. The summed E-state index contributed by atoms with van der Waals surface area (Å²) in [6.45, 7) is 2.71. The Bertz CT molecular complexity index is 807. The lowest BCUT2D eigenvalue weighted by Gasteiger charge is -2.07. The van der Waals surface area contributed by atoms with Crippen molar-refractivity contribution in [3.8, 4) is 6.07 Å². The van der Waals surface area contributed by atoms with E-state index in [4.69, 9.17) is 11.0 Å². The number of imidazole rings is 1. The van der Waals surface area contributed by atoms with Crippen molar-refractivity contribution in [3.05, 3.63) is 59.2 Å². The molecule has 0 aliphatic carbocycles. The molecule has 0 saturated heterocycles. The molecule has 2 N–H and O–H groups in total. The highest BCUT2D eigenvalue weighted by Crippen LogP contribution is 2.20. The second kappa shape index (κ2) is 4.71. The topological polar surface area (TPSA) is 67.6 Å². The van der Waals surface area contributed by atoms with Gasteiger partial charge in [-0.05, 0) is 30.7 Å². The standard InChI is InChI=1S/C16H14N4/c1-11-2-4-12(5-3-11)10-20-15-8-13(9-17)6-7-14(15)19-16(20)18/h2-8H,10H2,1H3,(H2,18,19). The second-order valence-electron chi connectivity index (χ2n) is 4.86. The lowest BCUT2D eigenvalue weighted by molar-refractivity contribution is 0.838. The minimum absolute atomic E-state index is 0.468. The molecule has 0 saturated carbocycles. The van der Waals surface area contributed by atoms with Crippen molar-refractivity contribution >= 4 is 17.0 Å². The van der Waals surface area contributed by atoms with Crippen molar-refractivity contribution in [1.29, 1.82) is 5.26 Å². The molecule has 1 heterocycles. The highest BCUT2D eigenvalue weighted by atomic mass is 15.1. The molecule has 3 rings (SSSR count). The number of rotatable bonds is 2. The smallest absolute Gasteiger partial charge is 0.201 e. The van der Waals surface area contributed by atoms with Crippen LogP contribution in [-0.4, -0.2) is 9.55 Å². The molecule has 2 aromatic carbocycles. The number of benzene rings is 2. The Morgan fingerprint density at radius 2 is 1.95 bits per heavy atom. The van der Waals surface area contributed by atoms with Crippen LogP contribution in [-0.2, 0) is 6.54 Å². The van der Waals surface area contributed by atoms with Crippen LogP contribution in [0.4, 0.5) is 5.95 Å². The zero-order chi connectivity index (χ0) is 14.1. The van der Waals surface area contributed by atoms with Gasteiger partial charge in [-0.25, -0.2) is 4.98 Å². The van der Waals surface area contributed by atoms with Crippen molar-refractivity contribution in [2.45, 2.75) is 13.5 Å². The van der Waals surface area contributed by atoms with E-state index in [9.17, 15) is 0 Å². The van der Waals surface area contributed by atoms with Crippen molar-refractivity contribution in [1.82, 2.24) is 9.55 Å². The van der Waals surface area contributed by atoms with Crippen molar-refractivity contribution in [3.63, 3.8) is 0 Å². The van der Waals surface area contributed by atoms with Crippen LogP contribution in [0.15, 0.2) is 42.5 Å². The average molecular weight is 262 g/mol. The third-order valence-electron chi connectivity index (χ3n) is 3.37. The molecule has 0 atom stereocenters. The summed E-state index contributed by atoms with van der Waals surface area (Å²) in [5.41, 5.74) is 10.7. The predicted octanol–water partition coefficient (Wildman–Crippen LogP) is 2.85. The minimum atomic E-state index is 0.468. The summed E-state index contributed by atoms with van der Waals surface area (Å²) in [4.78, 5) is 4.33. The van der Waals surface area contributed by atoms with E-state index in [0.29, 0.717) is 18.1 Å². The Morgan fingerprint density at radius 3 is 2.65 bits per heavy atom. The fourth-order valence-corrected chi connectivity index (χ4v) is 2.25. The summed E-state index contributed by atoms with van der Waals surface area (Å²) in [6, 6.07) is 15.9. The average Bonchev–Trinajstić information content (AvgIpc) is 2.77. The molecular formula is C16H14N4. The van der Waals surface area contributed by atoms with Crippen LogP contribution in [0.25, 0.3) is 11.0 Å². The molecule has 3 aromatic rings. The number of anilines is 1. The van der Waals surface area contributed by atoms with Gasteiger partial charge >= 0.3 is 0 Å². The number of nitrogens with two attached hydrogens (primary N) is 1. The molecule has 20 heavy (non-hydrogen) atoms. The van der Waals surface area contributed by atoms with Gasteiger partial charge in [0.05, 0.1) is 29.2 Å². The summed E-state index contributed by atoms with van der Waals surface area (Å²) >= 11 is 0. The van der Waals surface area contributed by atoms with Gasteiger partial charge in [-0.2, -0.15) is 5.26 Å². The molecular weight excluding hydrogens is 248 g/mol. The van der Waals surface area contributed by atoms with Crippen molar-refractivity contribution in [2.75, 3.05) is 5.73 Å². The Hall–Kier alpha value is -2.80. The van der Waals surface area contributed by atoms with Gasteiger partial charge in [0.25, 0.3) is 0 Å². The summed E-state index contributed by atoms with van der Waals surface area (Å²) in [7, 11) is 0. The molecule has 0 amide bonds. The highest BCUT2D eigenvalue weighted by molar-refractivity contribution is 5.80. The first-order valence-corrected chi connectivity index (χ1v) is 6.39. The molecule has 4 nitrogen and oxygen atoms in total. The number of nitrogens with zero attached hydrogens (tertiary/aromatic N) is 3. The largest absolute Gasteiger partial charge is 0.369 e. The van der Waals surface area contributed by atoms with E-state index in [-0.39, 0.29) is 0 Å². The quantitative estimate of drug-likeness (QED) is 0.772. The van der Waals surface area contributed by atoms with Crippen LogP contribution in [0.5, 0.6) is 0 Å². The number of hydrogen-bond donors (Lipinski definition) is 1. The third kappa shape index (κ3) is 2.10. The SMILES string of the molecule is Cc1ccc(Cn2c(N)nc3ccc(C#N)cc32)cc1. The van der Waals surface area contributed by atoms with E-state index in [1.807, 2.05) is 16.7 Å². The first-order chi connectivity index (χ1) is 9.67. The van der Waals surface area contributed by atoms with Crippen LogP contribution in [0.3, 0.4) is 0 Å². The van der Waals surface area contributed by atoms with Crippen molar-refractivity contribution < 1.29 is 0 Å². The van der Waals surface area contributed by atoms with Gasteiger partial charge in [-0.15, -0.1) is 0 Å². The van der Waals surface area contributed by atoms with Crippen LogP contribution in [0, 0.1) is 18.3 Å². The number of fused-ring (bicyclic) bond motifs is 1. The van der Waals surface area contributed by atoms with E-state index < -0.39 is 0 Å². The molecule has 0 aliphatic heterocycles. The fourth-order valence-electron chi connectivity index (χ4n) is 2.25. The Morgan fingerprint density at radius 1 is 1.20 bits per heavy atom. The van der Waals surface area contributed by atoms with Gasteiger partial charge in [0.2, 0.25) is 5.95 Å². The summed E-state index contributed by atoms with van der Waals surface area (Å²) in [5.74, 6) is 0.468. The van der Waals surface area contributed by atoms with Gasteiger partial charge in [0, 0.05) is 0 Å². The van der Waals surface area contributed by atoms with Gasteiger partial charge in [0.15, 0.2) is 0 Å². The highest BCUT2D eigenvalue weighted by Gasteiger charge is 2.09. The first-order valence-electron chi connectivity index (χ1n) is 6.39. The van der Waals surface area contributed by atoms with Gasteiger partial charge in [-0.3, -0.25) is 0 Å². The number of nitrogen functional groups attached to an aromatic ring is 1. The molecule has 4 heteroatoms. The lowest BCUT2D eigenvalue weighted by Crippen LogP contribution is -2.04. The lowest BCUT2D eigenvalue weighted by atomic mass is 10.1. The fraction of sp³-hybridized carbons (Fsp3) is 0.125. The van der Waals surface area contributed by atoms with E-state index in [0.717, 1.165) is 16.6 Å². The molecule has 0 radical (unpaired) electrons. The minimum Gasteiger partial charge on any atom is -0.369 e. The number of hydrogen-bond acceptors (Lipinski definition) is 3. The summed E-state index contributed by atoms with van der Waals surface area (Å²) < 4.78 is 1.93. The Balaban J connectivity index is 2.08. The maximum absolute atomic E-state index is 9.00. The molecule has 1 aromatic heterocycles. The van der Waals surface area contributed by atoms with Crippen LogP contribution < -0.4 is 5.73 Å². The molecule has 0 spiro atoms. The van der Waals surface area contributed by atoms with Gasteiger partial charge in [0.1, 0.15) is 0 Å². The summed E-state index contributed by atoms with van der Waals surface area (Å²) in [5, 5.41) is 9.00. The molecule has 0 fully saturated rings. The van der Waals surface area contributed by atoms with E-state index in [1.165, 1.54) is 5.56 Å². The summed E-state index contributed by atoms with van der Waals surface area (Å²) in [6.07, 6.45) is 0. The van der Waals surface area contributed by atoms with E-state index in [2.05, 4.69) is 42.2 Å². The van der Waals surface area contributed by atoms with Crippen LogP contribution in [0.1, 0.15) is 16.7 Å². The molecule has 0 bridgehead atoms. The monoisotopic (exact) mass is 262 g/mol. The zero-order valence-electron chi connectivity index (χ0n) is 11.2. The Kier molecular flexibility index (Phi) is 2.88. The number of aromatic nitrogens is 2. The van der Waals surface area contributed by atoms with Gasteiger partial charge in [-0.1, -0.05) is 29.8 Å². The molecule has 98 valence electrons. The third-order valence-corrected chi connectivity index (χ3v) is 3.37. The van der Waals surface area contributed by atoms with Crippen LogP contribution >= 0.6 is 0 Å². The molecule has 0 aliphatic rings. The van der Waals surface area contributed by atoms with Crippen LogP contribution in [0.2, 0.25) is 0 Å². The van der Waals surface area contributed by atoms with Crippen molar-refractivity contribution in [2.24, 2.45) is 0 Å². The zero-order valence-corrected chi connectivity index (χ0v) is 11.2. The number of nitriles is 1. The second-order valence-corrected chi connectivity index (χ2v) is 4.86. The first kappa shape index (κ1) is 12.2. The van der Waals surface area contributed by atoms with E-state index in [1.54, 1.807) is 6.07 Å². The normalized spacial score (nSPS) is 10.6. The predicted molar refractivity (Wildman–Crippen MR) is 79.1 cm³/mol. The van der Waals surface area contributed by atoms with Gasteiger partial charge < -0.3 is 10.3 Å².